The molecule has 1 unspecified atom stereocenters. The van der Waals surface area contributed by atoms with Crippen molar-refractivity contribution in [2.24, 2.45) is 0 Å². The number of aryl methyl sites for hydroxylation is 1. The Balaban J connectivity index is 1.72. The van der Waals surface area contributed by atoms with Gasteiger partial charge in [-0.15, -0.1) is 11.3 Å². The number of sulfonamides is 1. The maximum atomic E-state index is 15.6. The summed E-state index contributed by atoms with van der Waals surface area (Å²) < 4.78 is 55.1. The summed E-state index contributed by atoms with van der Waals surface area (Å²) in [5, 5.41) is 5.19. The lowest BCUT2D eigenvalue weighted by molar-refractivity contribution is 0.391. The van der Waals surface area contributed by atoms with Crippen LogP contribution in [0.25, 0.3) is 0 Å². The lowest BCUT2D eigenvalue weighted by Gasteiger charge is -2.25. The van der Waals surface area contributed by atoms with Crippen molar-refractivity contribution in [3.63, 3.8) is 0 Å². The summed E-state index contributed by atoms with van der Waals surface area (Å²) >= 11 is 7.67. The second-order valence-electron chi connectivity index (χ2n) is 8.73. The molecule has 0 aliphatic carbocycles. The van der Waals surface area contributed by atoms with Gasteiger partial charge in [-0.3, -0.25) is 0 Å². The molecule has 0 amide bonds. The fourth-order valence-electron chi connectivity index (χ4n) is 4.25. The Hall–Kier alpha value is -3.34. The van der Waals surface area contributed by atoms with Gasteiger partial charge in [0.15, 0.2) is 5.13 Å². The molecule has 0 fully saturated rings. The molecule has 3 aromatic carbocycles. The lowest BCUT2D eigenvalue weighted by atomic mass is 9.99. The molecule has 39 heavy (non-hydrogen) atoms. The van der Waals surface area contributed by atoms with Crippen LogP contribution in [0.2, 0.25) is 5.02 Å². The van der Waals surface area contributed by atoms with E-state index in [4.69, 9.17) is 21.1 Å². The molecule has 4 rings (SSSR count). The molecule has 0 radical (unpaired) electrons. The second kappa shape index (κ2) is 12.2. The summed E-state index contributed by atoms with van der Waals surface area (Å²) in [6.45, 7) is 3.86. The fraction of sp³-hybridized carbons (Fsp3) is 0.250. The topological polar surface area (TPSA) is 80.8 Å². The predicted octanol–water partition coefficient (Wildman–Crippen LogP) is 7.22. The molecule has 1 N–H and O–H groups in total. The highest BCUT2D eigenvalue weighted by Crippen LogP contribution is 2.36. The number of rotatable bonds is 11. The third-order valence-corrected chi connectivity index (χ3v) is 9.31. The summed E-state index contributed by atoms with van der Waals surface area (Å²) in [4.78, 5) is 3.64. The first kappa shape index (κ1) is 28.7. The monoisotopic (exact) mass is 589 g/mol. The van der Waals surface area contributed by atoms with E-state index < -0.39 is 20.7 Å². The van der Waals surface area contributed by atoms with Crippen LogP contribution < -0.4 is 19.1 Å². The highest BCUT2D eigenvalue weighted by molar-refractivity contribution is 7.93. The summed E-state index contributed by atoms with van der Waals surface area (Å²) in [5.74, 6) is 0.0482. The smallest absolute Gasteiger partial charge is 0.269 e. The van der Waals surface area contributed by atoms with Gasteiger partial charge >= 0.3 is 0 Å². The number of hydrogen-bond acceptors (Lipinski definition) is 7. The number of methoxy groups -OCH3 is 2. The standard InChI is InChI=1S/C28H29ClFN3O4S2/c1-5-24(21-9-7-6-8-18(21)2)32-25-16-23(30)27(15-22(25)29)39(34,35)33(28-31-12-13-38-28)17-19-10-11-20(36-3)14-26(19)37-4/h6-16,24,32H,5,17H2,1-4H3. The predicted molar refractivity (Wildman–Crippen MR) is 154 cm³/mol. The van der Waals surface area contributed by atoms with Crippen LogP contribution in [-0.2, 0) is 16.6 Å². The zero-order chi connectivity index (χ0) is 28.2. The normalized spacial score (nSPS) is 12.2. The minimum absolute atomic E-state index is 0.0862. The highest BCUT2D eigenvalue weighted by atomic mass is 35.5. The van der Waals surface area contributed by atoms with Gasteiger partial charge in [0.05, 0.1) is 37.5 Å². The van der Waals surface area contributed by atoms with Gasteiger partial charge in [0.2, 0.25) is 0 Å². The van der Waals surface area contributed by atoms with Crippen molar-refractivity contribution in [1.29, 1.82) is 0 Å². The van der Waals surface area contributed by atoms with Crippen molar-refractivity contribution in [2.75, 3.05) is 23.8 Å². The van der Waals surface area contributed by atoms with Crippen LogP contribution in [0.1, 0.15) is 36.1 Å². The Labute approximate surface area is 237 Å². The molecular weight excluding hydrogens is 561 g/mol. The Morgan fingerprint density at radius 3 is 2.54 bits per heavy atom. The van der Waals surface area contributed by atoms with E-state index in [1.165, 1.54) is 20.4 Å². The van der Waals surface area contributed by atoms with E-state index in [9.17, 15) is 8.42 Å². The molecule has 0 saturated carbocycles. The summed E-state index contributed by atoms with van der Waals surface area (Å²) in [6, 6.07) is 15.1. The number of anilines is 2. The van der Waals surface area contributed by atoms with Crippen LogP contribution in [0.3, 0.4) is 0 Å². The van der Waals surface area contributed by atoms with Gasteiger partial charge in [0, 0.05) is 23.2 Å². The van der Waals surface area contributed by atoms with E-state index in [-0.39, 0.29) is 22.7 Å². The van der Waals surface area contributed by atoms with Crippen molar-refractivity contribution >= 4 is 43.8 Å². The van der Waals surface area contributed by atoms with E-state index in [1.54, 1.807) is 23.6 Å². The number of hydrogen-bond donors (Lipinski definition) is 1. The van der Waals surface area contributed by atoms with Crippen LogP contribution in [0.4, 0.5) is 15.2 Å². The Bertz CT molecular complexity index is 1550. The first-order valence-electron chi connectivity index (χ1n) is 12.1. The van der Waals surface area contributed by atoms with Gasteiger partial charge in [-0.1, -0.05) is 42.8 Å². The van der Waals surface area contributed by atoms with Crippen LogP contribution in [0.5, 0.6) is 11.5 Å². The van der Waals surface area contributed by atoms with Crippen molar-refractivity contribution in [2.45, 2.75) is 37.8 Å². The van der Waals surface area contributed by atoms with E-state index in [1.807, 2.05) is 38.1 Å². The second-order valence-corrected chi connectivity index (χ2v) is 11.8. The number of nitrogens with one attached hydrogen (secondary N) is 1. The average Bonchev–Trinajstić information content (AvgIpc) is 3.46. The fourth-order valence-corrected chi connectivity index (χ4v) is 6.88. The van der Waals surface area contributed by atoms with E-state index in [0.717, 1.165) is 38.9 Å². The molecule has 0 spiro atoms. The van der Waals surface area contributed by atoms with Crippen LogP contribution in [0.15, 0.2) is 71.1 Å². The van der Waals surface area contributed by atoms with Crippen LogP contribution in [-0.4, -0.2) is 27.6 Å². The van der Waals surface area contributed by atoms with Crippen molar-refractivity contribution < 1.29 is 22.3 Å². The zero-order valence-corrected chi connectivity index (χ0v) is 24.3. The molecule has 11 heteroatoms. The molecule has 7 nitrogen and oxygen atoms in total. The van der Waals surface area contributed by atoms with E-state index in [2.05, 4.69) is 10.3 Å². The first-order chi connectivity index (χ1) is 18.7. The average molecular weight is 590 g/mol. The number of nitrogens with zero attached hydrogens (tertiary/aromatic N) is 2. The molecule has 0 aliphatic rings. The van der Waals surface area contributed by atoms with Gasteiger partial charge < -0.3 is 14.8 Å². The lowest BCUT2D eigenvalue weighted by Crippen LogP contribution is -2.31. The van der Waals surface area contributed by atoms with Gasteiger partial charge in [-0.25, -0.2) is 22.1 Å². The minimum Gasteiger partial charge on any atom is -0.497 e. The third-order valence-electron chi connectivity index (χ3n) is 6.33. The number of ether oxygens (including phenoxy) is 2. The quantitative estimate of drug-likeness (QED) is 0.199. The van der Waals surface area contributed by atoms with Crippen LogP contribution in [0, 0.1) is 12.7 Å². The van der Waals surface area contributed by atoms with Gasteiger partial charge in [0.1, 0.15) is 22.2 Å². The Morgan fingerprint density at radius 2 is 1.90 bits per heavy atom. The highest BCUT2D eigenvalue weighted by Gasteiger charge is 2.32. The number of benzene rings is 3. The third kappa shape index (κ3) is 6.13. The van der Waals surface area contributed by atoms with Crippen molar-refractivity contribution in [3.05, 3.63) is 93.7 Å². The molecule has 1 atom stereocenters. The molecule has 0 bridgehead atoms. The minimum atomic E-state index is -4.42. The molecule has 1 heterocycles. The zero-order valence-electron chi connectivity index (χ0n) is 21.9. The van der Waals surface area contributed by atoms with Gasteiger partial charge in [0.25, 0.3) is 10.0 Å². The maximum Gasteiger partial charge on any atom is 0.269 e. The number of halogens is 2. The summed E-state index contributed by atoms with van der Waals surface area (Å²) in [6.07, 6.45) is 2.20. The molecule has 4 aromatic rings. The number of aromatic nitrogens is 1. The van der Waals surface area contributed by atoms with Crippen LogP contribution >= 0.6 is 22.9 Å². The van der Waals surface area contributed by atoms with E-state index >= 15 is 4.39 Å². The molecule has 0 aliphatic heterocycles. The first-order valence-corrected chi connectivity index (χ1v) is 14.8. The number of thiazole rings is 1. The Morgan fingerprint density at radius 1 is 1.13 bits per heavy atom. The van der Waals surface area contributed by atoms with Gasteiger partial charge in [-0.2, -0.15) is 0 Å². The van der Waals surface area contributed by atoms with Crippen molar-refractivity contribution in [1.82, 2.24) is 4.98 Å². The van der Waals surface area contributed by atoms with Gasteiger partial charge in [-0.05, 0) is 48.7 Å². The molecule has 206 valence electrons. The summed E-state index contributed by atoms with van der Waals surface area (Å²) in [7, 11) is -1.42. The molecule has 0 saturated heterocycles. The molecule has 1 aromatic heterocycles. The summed E-state index contributed by atoms with van der Waals surface area (Å²) in [5.41, 5.74) is 2.99. The molecular formula is C28H29ClFN3O4S2. The SMILES string of the molecule is CCC(Nc1cc(F)c(S(=O)(=O)N(Cc2ccc(OC)cc2OC)c2nccs2)cc1Cl)c1ccccc1C. The Kier molecular flexibility index (Phi) is 8.99. The maximum absolute atomic E-state index is 15.6. The van der Waals surface area contributed by atoms with E-state index in [0.29, 0.717) is 29.2 Å². The van der Waals surface area contributed by atoms with Crippen molar-refractivity contribution in [3.8, 4) is 11.5 Å². The largest absolute Gasteiger partial charge is 0.497 e.